The number of halogens is 1. The molecule has 1 N–H and O–H groups in total. The van der Waals surface area contributed by atoms with Crippen molar-refractivity contribution in [3.05, 3.63) is 87.5 Å². The van der Waals surface area contributed by atoms with E-state index in [1.807, 2.05) is 74.0 Å². The Morgan fingerprint density at radius 1 is 1.12 bits per heavy atom. The first kappa shape index (κ1) is 23.7. The van der Waals surface area contributed by atoms with Crippen LogP contribution in [0.1, 0.15) is 34.8 Å². The van der Waals surface area contributed by atoms with E-state index in [2.05, 4.69) is 10.3 Å². The van der Waals surface area contributed by atoms with Gasteiger partial charge >= 0.3 is 0 Å². The largest absolute Gasteiger partial charge is 0.346 e. The normalized spacial score (nSPS) is 11.3. The number of imidazole rings is 1. The number of hydrogen-bond donors (Lipinski definition) is 1. The first-order chi connectivity index (χ1) is 16.5. The summed E-state index contributed by atoms with van der Waals surface area (Å²) in [4.78, 5) is 32.8. The molecule has 0 bridgehead atoms. The molecule has 4 aromatic rings. The molecule has 0 aliphatic carbocycles. The van der Waals surface area contributed by atoms with Crippen molar-refractivity contribution in [3.8, 4) is 11.1 Å². The highest BCUT2D eigenvalue weighted by molar-refractivity contribution is 7.09. The zero-order valence-electron chi connectivity index (χ0n) is 19.0. The number of nitrogens with zero attached hydrogens (tertiary/aromatic N) is 3. The molecule has 3 aromatic heterocycles. The van der Waals surface area contributed by atoms with Crippen molar-refractivity contribution in [2.24, 2.45) is 0 Å². The Morgan fingerprint density at radius 3 is 2.56 bits per heavy atom. The second-order valence-corrected chi connectivity index (χ2v) is 8.99. The van der Waals surface area contributed by atoms with Gasteiger partial charge < -0.3 is 10.2 Å². The summed E-state index contributed by atoms with van der Waals surface area (Å²) in [5, 5.41) is 5.07. The summed E-state index contributed by atoms with van der Waals surface area (Å²) >= 11 is 8.21. The van der Waals surface area contributed by atoms with Crippen molar-refractivity contribution >= 4 is 46.5 Å². The summed E-state index contributed by atoms with van der Waals surface area (Å²) in [5.74, 6) is -0.433. The fourth-order valence-corrected chi connectivity index (χ4v) is 4.57. The molecule has 1 aromatic carbocycles. The van der Waals surface area contributed by atoms with Crippen molar-refractivity contribution in [2.45, 2.75) is 20.4 Å². The molecule has 0 saturated carbocycles. The predicted molar refractivity (Wildman–Crippen MR) is 138 cm³/mol. The van der Waals surface area contributed by atoms with E-state index in [1.165, 1.54) is 6.08 Å². The average Bonchev–Trinajstić information content (AvgIpc) is 3.50. The van der Waals surface area contributed by atoms with Crippen LogP contribution in [0.2, 0.25) is 5.15 Å². The van der Waals surface area contributed by atoms with Gasteiger partial charge in [-0.05, 0) is 48.6 Å². The maximum Gasteiger partial charge on any atom is 0.273 e. The van der Waals surface area contributed by atoms with E-state index in [0.29, 0.717) is 30.8 Å². The molecule has 6 nitrogen and oxygen atoms in total. The summed E-state index contributed by atoms with van der Waals surface area (Å²) in [6.45, 7) is 5.55. The lowest BCUT2D eigenvalue weighted by atomic mass is 10.1. The van der Waals surface area contributed by atoms with Crippen LogP contribution in [0.15, 0.2) is 66.2 Å². The van der Waals surface area contributed by atoms with Gasteiger partial charge in [-0.15, -0.1) is 11.3 Å². The van der Waals surface area contributed by atoms with E-state index in [4.69, 9.17) is 11.6 Å². The Balaban J connectivity index is 1.76. The Hall–Kier alpha value is -3.42. The average molecular weight is 493 g/mol. The van der Waals surface area contributed by atoms with Crippen LogP contribution in [-0.4, -0.2) is 39.2 Å². The van der Waals surface area contributed by atoms with Crippen LogP contribution in [0, 0.1) is 0 Å². The van der Waals surface area contributed by atoms with Crippen LogP contribution in [-0.2, 0) is 11.3 Å². The zero-order valence-corrected chi connectivity index (χ0v) is 20.6. The molecule has 0 fully saturated rings. The molecule has 0 spiro atoms. The van der Waals surface area contributed by atoms with Crippen molar-refractivity contribution in [1.82, 2.24) is 19.6 Å². The van der Waals surface area contributed by atoms with Gasteiger partial charge in [-0.25, -0.2) is 4.98 Å². The third-order valence-electron chi connectivity index (χ3n) is 5.50. The van der Waals surface area contributed by atoms with Crippen LogP contribution < -0.4 is 5.32 Å². The molecule has 0 atom stereocenters. The lowest BCUT2D eigenvalue weighted by Crippen LogP contribution is -2.28. The minimum atomic E-state index is -0.350. The summed E-state index contributed by atoms with van der Waals surface area (Å²) in [6, 6.07) is 15.7. The van der Waals surface area contributed by atoms with Gasteiger partial charge in [0.2, 0.25) is 5.91 Å². The smallest absolute Gasteiger partial charge is 0.273 e. The second kappa shape index (κ2) is 10.7. The lowest BCUT2D eigenvalue weighted by Gasteiger charge is -2.15. The Kier molecular flexibility index (Phi) is 7.45. The first-order valence-electron chi connectivity index (χ1n) is 11.1. The highest BCUT2D eigenvalue weighted by Gasteiger charge is 2.20. The van der Waals surface area contributed by atoms with E-state index in [1.54, 1.807) is 26.7 Å². The fourth-order valence-electron chi connectivity index (χ4n) is 3.66. The van der Waals surface area contributed by atoms with Crippen LogP contribution in [0.4, 0.5) is 0 Å². The summed E-state index contributed by atoms with van der Waals surface area (Å²) in [7, 11) is 0. The van der Waals surface area contributed by atoms with E-state index in [-0.39, 0.29) is 22.7 Å². The van der Waals surface area contributed by atoms with Crippen molar-refractivity contribution in [3.63, 3.8) is 0 Å². The van der Waals surface area contributed by atoms with Gasteiger partial charge in [0, 0.05) is 35.8 Å². The van der Waals surface area contributed by atoms with Crippen molar-refractivity contribution in [2.75, 3.05) is 13.1 Å². The lowest BCUT2D eigenvalue weighted by molar-refractivity contribution is -0.125. The highest BCUT2D eigenvalue weighted by atomic mass is 35.5. The second-order valence-electron chi connectivity index (χ2n) is 7.60. The van der Waals surface area contributed by atoms with Crippen LogP contribution in [0.5, 0.6) is 0 Å². The number of hydrogen-bond acceptors (Lipinski definition) is 4. The monoisotopic (exact) mass is 492 g/mol. The van der Waals surface area contributed by atoms with Crippen LogP contribution in [0.25, 0.3) is 22.9 Å². The van der Waals surface area contributed by atoms with E-state index < -0.39 is 0 Å². The van der Waals surface area contributed by atoms with E-state index in [0.717, 1.165) is 16.0 Å². The molecule has 0 aliphatic heterocycles. The number of nitrogens with one attached hydrogen (secondary N) is 1. The van der Waals surface area contributed by atoms with Gasteiger partial charge in [0.1, 0.15) is 10.8 Å². The number of benzene rings is 1. The Labute approximate surface area is 207 Å². The number of amides is 2. The van der Waals surface area contributed by atoms with Crippen molar-refractivity contribution < 1.29 is 9.59 Å². The molecular weight excluding hydrogens is 468 g/mol. The molecule has 4 rings (SSSR count). The maximum absolute atomic E-state index is 12.9. The minimum Gasteiger partial charge on any atom is -0.346 e. The molecule has 0 saturated heterocycles. The topological polar surface area (TPSA) is 66.7 Å². The van der Waals surface area contributed by atoms with Crippen LogP contribution in [0.3, 0.4) is 0 Å². The number of fused-ring (bicyclic) bond motifs is 1. The summed E-state index contributed by atoms with van der Waals surface area (Å²) < 4.78 is 1.70. The number of carbonyl (C=O) groups is 2. The number of rotatable bonds is 8. The number of thiophene rings is 1. The molecule has 3 heterocycles. The number of likely N-dealkylation sites (N-methyl/N-ethyl adjacent to an activating group) is 1. The third kappa shape index (κ3) is 5.05. The fraction of sp³-hybridized carbons (Fsp3) is 0.192. The molecule has 2 amide bonds. The van der Waals surface area contributed by atoms with Gasteiger partial charge in [-0.2, -0.15) is 0 Å². The summed E-state index contributed by atoms with van der Waals surface area (Å²) in [6.07, 6.45) is 5.13. The number of pyridine rings is 1. The molecule has 0 unspecified atom stereocenters. The molecule has 34 heavy (non-hydrogen) atoms. The molecule has 0 radical (unpaired) electrons. The van der Waals surface area contributed by atoms with Gasteiger partial charge in [0.05, 0.1) is 6.54 Å². The number of aromatic nitrogens is 2. The quantitative estimate of drug-likeness (QED) is 0.329. The SMILES string of the molecule is CCN(CC)C(=O)/C=C/c1cc(-c2ccccc2)cn2c(Cl)c(C(=O)NCc3cccs3)nc12. The molecule has 8 heteroatoms. The van der Waals surface area contributed by atoms with Gasteiger partial charge in [-0.3, -0.25) is 14.0 Å². The Bertz CT molecular complexity index is 1330. The van der Waals surface area contributed by atoms with Gasteiger partial charge in [0.15, 0.2) is 5.69 Å². The number of carbonyl (C=O) groups excluding carboxylic acids is 2. The predicted octanol–water partition coefficient (Wildman–Crippen LogP) is 5.53. The molecule has 174 valence electrons. The standard InChI is InChI=1S/C26H25ClN4O2S/c1-3-30(4-2)22(32)13-12-19-15-20(18-9-6-5-7-10-18)17-31-24(27)23(29-25(19)31)26(33)28-16-21-11-8-14-34-21/h5-15,17H,3-4,16H2,1-2H3,(H,28,33)/b13-12+. The Morgan fingerprint density at radius 2 is 1.88 bits per heavy atom. The van der Waals surface area contributed by atoms with Crippen molar-refractivity contribution in [1.29, 1.82) is 0 Å². The highest BCUT2D eigenvalue weighted by Crippen LogP contribution is 2.28. The van der Waals surface area contributed by atoms with Gasteiger partial charge in [0.25, 0.3) is 5.91 Å². The van der Waals surface area contributed by atoms with E-state index >= 15 is 0 Å². The molecular formula is C26H25ClN4O2S. The molecule has 0 aliphatic rings. The minimum absolute atomic E-state index is 0.0835. The van der Waals surface area contributed by atoms with E-state index in [9.17, 15) is 9.59 Å². The first-order valence-corrected chi connectivity index (χ1v) is 12.3. The third-order valence-corrected chi connectivity index (χ3v) is 6.73. The van der Waals surface area contributed by atoms with Gasteiger partial charge in [-0.1, -0.05) is 48.0 Å². The zero-order chi connectivity index (χ0) is 24.1. The summed E-state index contributed by atoms with van der Waals surface area (Å²) in [5.41, 5.74) is 3.24. The maximum atomic E-state index is 12.9. The van der Waals surface area contributed by atoms with Crippen LogP contribution >= 0.6 is 22.9 Å².